The second-order valence-electron chi connectivity index (χ2n) is 8.47. The molecule has 0 bridgehead atoms. The van der Waals surface area contributed by atoms with Gasteiger partial charge in [0.05, 0.1) is 12.9 Å². The van der Waals surface area contributed by atoms with E-state index < -0.39 is 6.29 Å². The molecule has 1 fully saturated rings. The summed E-state index contributed by atoms with van der Waals surface area (Å²) in [5.41, 5.74) is 1.90. The minimum absolute atomic E-state index is 0.0195. The molecule has 0 radical (unpaired) electrons. The first kappa shape index (κ1) is 21.9. The van der Waals surface area contributed by atoms with E-state index >= 15 is 0 Å². The number of benzene rings is 1. The molecule has 1 N–H and O–H groups in total. The number of ether oxygens (including phenoxy) is 2. The highest BCUT2D eigenvalue weighted by molar-refractivity contribution is 5.92. The number of amides is 1. The van der Waals surface area contributed by atoms with E-state index in [1.807, 2.05) is 35.2 Å². The van der Waals surface area contributed by atoms with E-state index in [1.54, 1.807) is 6.26 Å². The highest BCUT2D eigenvalue weighted by Gasteiger charge is 2.32. The van der Waals surface area contributed by atoms with Crippen LogP contribution in [0.1, 0.15) is 62.8 Å². The van der Waals surface area contributed by atoms with E-state index in [9.17, 15) is 4.79 Å². The predicted octanol–water partition coefficient (Wildman–Crippen LogP) is 4.73. The second-order valence-corrected chi connectivity index (χ2v) is 8.47. The first-order valence-corrected chi connectivity index (χ1v) is 11.6. The average molecular weight is 428 g/mol. The molecule has 1 aromatic heterocycles. The van der Waals surface area contributed by atoms with Crippen LogP contribution < -0.4 is 0 Å². The molecule has 1 amide bonds. The van der Waals surface area contributed by atoms with Gasteiger partial charge < -0.3 is 23.9 Å². The van der Waals surface area contributed by atoms with Crippen LogP contribution >= 0.6 is 0 Å². The number of unbranched alkanes of at least 4 members (excludes halogenated alkanes) is 1. The Kier molecular flexibility index (Phi) is 7.65. The Hall–Kier alpha value is -2.31. The normalized spacial score (nSPS) is 22.5. The molecule has 1 aromatic carbocycles. The Labute approximate surface area is 183 Å². The van der Waals surface area contributed by atoms with Crippen LogP contribution in [0.4, 0.5) is 0 Å². The first-order chi connectivity index (χ1) is 15.3. The minimum atomic E-state index is -0.490. The maximum absolute atomic E-state index is 13.3. The molecule has 31 heavy (non-hydrogen) atoms. The highest BCUT2D eigenvalue weighted by atomic mass is 16.7. The van der Waals surface area contributed by atoms with Crippen molar-refractivity contribution in [1.82, 2.24) is 4.90 Å². The van der Waals surface area contributed by atoms with E-state index in [1.165, 1.54) is 19.3 Å². The van der Waals surface area contributed by atoms with Crippen LogP contribution in [0.3, 0.4) is 0 Å². The number of nitrogens with zero attached hydrogens (tertiary/aromatic N) is 1. The highest BCUT2D eigenvalue weighted by Crippen LogP contribution is 2.36. The Morgan fingerprint density at radius 2 is 1.87 bits per heavy atom. The quantitative estimate of drug-likeness (QED) is 0.647. The summed E-state index contributed by atoms with van der Waals surface area (Å²) < 4.78 is 17.8. The number of aliphatic hydroxyl groups excluding tert-OH is 1. The maximum Gasteiger partial charge on any atom is 0.288 e. The van der Waals surface area contributed by atoms with Gasteiger partial charge in [-0.05, 0) is 37.8 Å². The summed E-state index contributed by atoms with van der Waals surface area (Å²) in [5, 5.41) is 10.1. The molecular weight excluding hydrogens is 394 g/mol. The molecule has 0 aliphatic carbocycles. The number of aliphatic hydroxyl groups is 1. The molecule has 0 spiro atoms. The number of hydrogen-bond donors (Lipinski definition) is 1. The number of para-hydroxylation sites is 1. The van der Waals surface area contributed by atoms with Gasteiger partial charge in [-0.1, -0.05) is 37.5 Å². The number of carbonyl (C=O) groups excluding carboxylic acids is 1. The fourth-order valence-electron chi connectivity index (χ4n) is 4.45. The summed E-state index contributed by atoms with van der Waals surface area (Å²) in [6.45, 7) is 2.20. The van der Waals surface area contributed by atoms with Gasteiger partial charge in [-0.3, -0.25) is 4.79 Å². The smallest absolute Gasteiger partial charge is 0.288 e. The fraction of sp³-hybridized carbons (Fsp3) is 0.560. The van der Waals surface area contributed by atoms with Crippen LogP contribution in [-0.2, 0) is 14.3 Å². The van der Waals surface area contributed by atoms with Gasteiger partial charge in [0, 0.05) is 43.0 Å². The molecule has 4 rings (SSSR count). The molecule has 6 nitrogen and oxygen atoms in total. The third-order valence-electron chi connectivity index (χ3n) is 6.18. The van der Waals surface area contributed by atoms with Crippen LogP contribution in [0.2, 0.25) is 0 Å². The number of hydrogen-bond acceptors (Lipinski definition) is 5. The molecule has 6 heteroatoms. The van der Waals surface area contributed by atoms with E-state index in [2.05, 4.69) is 0 Å². The Balaban J connectivity index is 1.56. The largest absolute Gasteiger partial charge is 0.464 e. The number of furan rings is 1. The van der Waals surface area contributed by atoms with Gasteiger partial charge >= 0.3 is 0 Å². The Morgan fingerprint density at radius 3 is 2.68 bits per heavy atom. The lowest BCUT2D eigenvalue weighted by molar-refractivity contribution is -0.153. The zero-order valence-electron chi connectivity index (χ0n) is 18.1. The van der Waals surface area contributed by atoms with E-state index in [4.69, 9.17) is 19.0 Å². The molecule has 3 heterocycles. The first-order valence-electron chi connectivity index (χ1n) is 11.6. The lowest BCUT2D eigenvalue weighted by atomic mass is 9.92. The fourth-order valence-corrected chi connectivity index (χ4v) is 4.45. The second kappa shape index (κ2) is 10.8. The molecule has 2 aromatic rings. The van der Waals surface area contributed by atoms with Crippen molar-refractivity contribution in [2.75, 3.05) is 26.3 Å². The zero-order chi connectivity index (χ0) is 21.5. The van der Waals surface area contributed by atoms with Crippen molar-refractivity contribution in [2.24, 2.45) is 0 Å². The van der Waals surface area contributed by atoms with Crippen LogP contribution in [0, 0.1) is 0 Å². The van der Waals surface area contributed by atoms with Crippen LogP contribution in [-0.4, -0.2) is 48.5 Å². The number of rotatable bonds is 7. The molecule has 2 aliphatic rings. The van der Waals surface area contributed by atoms with Crippen molar-refractivity contribution in [3.8, 4) is 0 Å². The van der Waals surface area contributed by atoms with Crippen molar-refractivity contribution in [3.05, 3.63) is 47.9 Å². The predicted molar refractivity (Wildman–Crippen MR) is 118 cm³/mol. The van der Waals surface area contributed by atoms with E-state index in [0.717, 1.165) is 48.9 Å². The summed E-state index contributed by atoms with van der Waals surface area (Å²) >= 11 is 0. The topological polar surface area (TPSA) is 72.1 Å². The average Bonchev–Trinajstić information content (AvgIpc) is 3.20. The summed E-state index contributed by atoms with van der Waals surface area (Å²) in [6, 6.07) is 7.96. The van der Waals surface area contributed by atoms with Crippen molar-refractivity contribution in [1.29, 1.82) is 0 Å². The SMILES string of the molecule is O=C(C1=C[C@@H](c2coc3ccccc23)C[C@@H](OCCCCO)O1)N1CCCCCCC1. The zero-order valence-corrected chi connectivity index (χ0v) is 18.1. The van der Waals surface area contributed by atoms with Crippen LogP contribution in [0.5, 0.6) is 0 Å². The van der Waals surface area contributed by atoms with Crippen molar-refractivity contribution >= 4 is 16.9 Å². The van der Waals surface area contributed by atoms with Gasteiger partial charge in [0.2, 0.25) is 6.29 Å². The van der Waals surface area contributed by atoms with Crippen LogP contribution in [0.15, 0.2) is 46.8 Å². The van der Waals surface area contributed by atoms with Gasteiger partial charge in [-0.2, -0.15) is 0 Å². The molecule has 0 saturated carbocycles. The Bertz CT molecular complexity index is 881. The number of likely N-dealkylation sites (tertiary alicyclic amines) is 1. The molecule has 1 saturated heterocycles. The molecular formula is C25H33NO5. The third-order valence-corrected chi connectivity index (χ3v) is 6.18. The standard InChI is InChI=1S/C25H33NO5/c27-14-8-9-15-29-24-17-19(21-18-30-22-11-5-4-10-20(21)22)16-23(31-24)25(28)26-12-6-2-1-3-7-13-26/h4-5,10-11,16,18-19,24,27H,1-3,6-9,12-15,17H2/t19-,24+/m1/s1. The van der Waals surface area contributed by atoms with E-state index in [0.29, 0.717) is 25.2 Å². The van der Waals surface area contributed by atoms with Gasteiger partial charge in [0.25, 0.3) is 5.91 Å². The lowest BCUT2D eigenvalue weighted by Crippen LogP contribution is -2.38. The number of allylic oxidation sites excluding steroid dienone is 1. The summed E-state index contributed by atoms with van der Waals surface area (Å²) in [4.78, 5) is 15.3. The van der Waals surface area contributed by atoms with E-state index in [-0.39, 0.29) is 18.4 Å². The molecule has 2 aliphatic heterocycles. The maximum atomic E-state index is 13.3. The number of fused-ring (bicyclic) bond motifs is 1. The third kappa shape index (κ3) is 5.49. The van der Waals surface area contributed by atoms with Gasteiger partial charge in [-0.15, -0.1) is 0 Å². The van der Waals surface area contributed by atoms with Gasteiger partial charge in [0.1, 0.15) is 5.58 Å². The van der Waals surface area contributed by atoms with Crippen LogP contribution in [0.25, 0.3) is 11.0 Å². The minimum Gasteiger partial charge on any atom is -0.464 e. The lowest BCUT2D eigenvalue weighted by Gasteiger charge is -2.32. The number of carbonyl (C=O) groups is 1. The summed E-state index contributed by atoms with van der Waals surface area (Å²) in [7, 11) is 0. The molecule has 0 unspecified atom stereocenters. The van der Waals surface area contributed by atoms with Gasteiger partial charge in [-0.25, -0.2) is 0 Å². The monoisotopic (exact) mass is 427 g/mol. The Morgan fingerprint density at radius 1 is 1.10 bits per heavy atom. The molecule has 2 atom stereocenters. The van der Waals surface area contributed by atoms with Gasteiger partial charge in [0.15, 0.2) is 5.76 Å². The summed E-state index contributed by atoms with van der Waals surface area (Å²) in [6.07, 6.45) is 11.0. The molecule has 168 valence electrons. The summed E-state index contributed by atoms with van der Waals surface area (Å²) in [5.74, 6) is 0.326. The van der Waals surface area contributed by atoms with Crippen molar-refractivity contribution in [3.63, 3.8) is 0 Å². The van der Waals surface area contributed by atoms with Crippen molar-refractivity contribution < 1.29 is 23.8 Å². The van der Waals surface area contributed by atoms with Crippen molar-refractivity contribution in [2.45, 2.75) is 63.6 Å².